The van der Waals surface area contributed by atoms with E-state index >= 15 is 0 Å². The van der Waals surface area contributed by atoms with Crippen LogP contribution in [0.15, 0.2) is 54.0 Å². The van der Waals surface area contributed by atoms with Crippen LogP contribution in [0.3, 0.4) is 0 Å². The molecule has 4 aromatic rings. The molecule has 1 aromatic carbocycles. The summed E-state index contributed by atoms with van der Waals surface area (Å²) in [4.78, 5) is 24.5. The predicted molar refractivity (Wildman–Crippen MR) is 129 cm³/mol. The molecule has 0 spiro atoms. The van der Waals surface area contributed by atoms with Gasteiger partial charge in [-0.3, -0.25) is 4.79 Å². The van der Waals surface area contributed by atoms with Gasteiger partial charge in [-0.2, -0.15) is 13.2 Å². The lowest BCUT2D eigenvalue weighted by atomic mass is 10.1. The average molecular weight is 506 g/mol. The van der Waals surface area contributed by atoms with Crippen LogP contribution in [0.1, 0.15) is 27.9 Å². The number of hydrogen-bond donors (Lipinski definition) is 2. The Labute approximate surface area is 202 Å². The van der Waals surface area contributed by atoms with E-state index in [2.05, 4.69) is 25.6 Å². The summed E-state index contributed by atoms with van der Waals surface area (Å²) in [6, 6.07) is 9.27. The molecule has 0 radical (unpaired) electrons. The van der Waals surface area contributed by atoms with Gasteiger partial charge >= 0.3 is 6.18 Å². The zero-order valence-electron chi connectivity index (χ0n) is 18.6. The van der Waals surface area contributed by atoms with Gasteiger partial charge in [0.2, 0.25) is 6.41 Å². The number of pyridine rings is 1. The first-order valence-electron chi connectivity index (χ1n) is 10.1. The van der Waals surface area contributed by atoms with E-state index in [0.717, 1.165) is 37.8 Å². The van der Waals surface area contributed by atoms with E-state index in [1.807, 2.05) is 39.1 Å². The summed E-state index contributed by atoms with van der Waals surface area (Å²) >= 11 is 3.26. The maximum Gasteiger partial charge on any atom is 0.412 e. The minimum atomic E-state index is -4.47. The van der Waals surface area contributed by atoms with Crippen molar-refractivity contribution in [2.45, 2.75) is 33.0 Å². The molecule has 0 aliphatic rings. The lowest BCUT2D eigenvalue weighted by molar-refractivity contribution is -0.160. The summed E-state index contributed by atoms with van der Waals surface area (Å²) in [6.45, 7) is 6.06. The first kappa shape index (κ1) is 25.3. The Morgan fingerprint density at radius 2 is 1.76 bits per heavy atom. The normalized spacial score (nSPS) is 11.8. The number of thiazole rings is 2. The van der Waals surface area contributed by atoms with Crippen LogP contribution in [-0.4, -0.2) is 27.5 Å². The van der Waals surface area contributed by atoms with Gasteiger partial charge in [-0.25, -0.2) is 15.0 Å². The van der Waals surface area contributed by atoms with E-state index in [1.165, 1.54) is 24.3 Å². The van der Waals surface area contributed by atoms with Gasteiger partial charge in [-0.1, -0.05) is 36.4 Å². The van der Waals surface area contributed by atoms with E-state index in [1.54, 1.807) is 34.1 Å². The summed E-state index contributed by atoms with van der Waals surface area (Å²) < 4.78 is 37.1. The third-order valence-electron chi connectivity index (χ3n) is 4.48. The Hall–Kier alpha value is -3.31. The van der Waals surface area contributed by atoms with Crippen molar-refractivity contribution in [1.82, 2.24) is 20.3 Å². The highest BCUT2D eigenvalue weighted by atomic mass is 32.1. The van der Waals surface area contributed by atoms with E-state index in [-0.39, 0.29) is 12.0 Å². The molecule has 178 valence electrons. The number of aryl methyl sites for hydroxylation is 3. The number of hydrogen-bond acceptors (Lipinski definition) is 7. The van der Waals surface area contributed by atoms with Crippen LogP contribution < -0.4 is 10.6 Å². The number of rotatable bonds is 6. The lowest BCUT2D eigenvalue weighted by Crippen LogP contribution is -2.33. The summed E-state index contributed by atoms with van der Waals surface area (Å²) in [7, 11) is 0. The van der Waals surface area contributed by atoms with Crippen molar-refractivity contribution < 1.29 is 18.0 Å². The number of anilines is 2. The van der Waals surface area contributed by atoms with Gasteiger partial charge in [-0.05, 0) is 38.0 Å². The molecular weight excluding hydrogens is 483 g/mol. The SMILES string of the molecule is Cc1ccc(Nc2nc(-c3sc(C)nc3C)cs2)nc1.O=CN[C@@H](c1ccccc1)C(F)(F)F. The fourth-order valence-corrected chi connectivity index (χ4v) is 4.61. The van der Waals surface area contributed by atoms with Crippen molar-refractivity contribution in [1.29, 1.82) is 0 Å². The fourth-order valence-electron chi connectivity index (χ4n) is 2.95. The third-order valence-corrected chi connectivity index (χ3v) is 6.33. The molecule has 0 fully saturated rings. The summed E-state index contributed by atoms with van der Waals surface area (Å²) in [6.07, 6.45) is -2.58. The third kappa shape index (κ3) is 6.84. The monoisotopic (exact) mass is 505 g/mol. The maximum absolute atomic E-state index is 12.4. The summed E-state index contributed by atoms with van der Waals surface area (Å²) in [5.41, 5.74) is 3.18. The Bertz CT molecular complexity index is 1210. The van der Waals surface area contributed by atoms with Gasteiger partial charge in [0, 0.05) is 11.6 Å². The van der Waals surface area contributed by atoms with Gasteiger partial charge in [0.1, 0.15) is 5.82 Å². The van der Waals surface area contributed by atoms with E-state index in [0.29, 0.717) is 0 Å². The van der Waals surface area contributed by atoms with Crippen molar-refractivity contribution in [3.8, 4) is 10.6 Å². The van der Waals surface area contributed by atoms with E-state index < -0.39 is 12.2 Å². The van der Waals surface area contributed by atoms with E-state index in [4.69, 9.17) is 0 Å². The molecule has 1 amide bonds. The quantitative estimate of drug-likeness (QED) is 0.298. The molecule has 0 bridgehead atoms. The maximum atomic E-state index is 12.4. The Balaban J connectivity index is 0.000000204. The van der Waals surface area contributed by atoms with E-state index in [9.17, 15) is 18.0 Å². The Morgan fingerprint density at radius 1 is 1.03 bits per heavy atom. The average Bonchev–Trinajstić information content (AvgIpc) is 3.39. The fraction of sp³-hybridized carbons (Fsp3) is 0.217. The van der Waals surface area contributed by atoms with Crippen LogP contribution in [0.2, 0.25) is 0 Å². The van der Waals surface area contributed by atoms with Crippen LogP contribution in [0.4, 0.5) is 24.1 Å². The summed E-state index contributed by atoms with van der Waals surface area (Å²) in [5.74, 6) is 0.814. The molecule has 2 N–H and O–H groups in total. The lowest BCUT2D eigenvalue weighted by Gasteiger charge is -2.19. The molecule has 0 aliphatic heterocycles. The van der Waals surface area contributed by atoms with Crippen LogP contribution in [0, 0.1) is 20.8 Å². The highest BCUT2D eigenvalue weighted by molar-refractivity contribution is 7.16. The number of nitrogens with one attached hydrogen (secondary N) is 2. The standard InChI is InChI=1S/C14H14N4S2.C9H8F3NO/c1-8-4-5-12(15-6-8)18-14-17-11(7-19-14)13-9(2)16-10(3)20-13;10-9(11,12)8(13-6-14)7-4-2-1-3-5-7/h4-7H,1-3H3,(H,15,17,18);1-6,8H,(H,13,14)/t;8-/m.0/s1. The number of amides is 1. The van der Waals surface area contributed by atoms with Crippen molar-refractivity contribution in [2.24, 2.45) is 0 Å². The van der Waals surface area contributed by atoms with Gasteiger partial charge in [-0.15, -0.1) is 22.7 Å². The van der Waals surface area contributed by atoms with Gasteiger partial charge in [0.15, 0.2) is 11.2 Å². The van der Waals surface area contributed by atoms with Crippen molar-refractivity contribution >= 4 is 40.0 Å². The number of halogens is 3. The molecule has 34 heavy (non-hydrogen) atoms. The molecule has 3 aromatic heterocycles. The molecule has 0 saturated heterocycles. The molecule has 6 nitrogen and oxygen atoms in total. The Kier molecular flexibility index (Phi) is 8.35. The molecule has 4 rings (SSSR count). The molecule has 3 heterocycles. The second kappa shape index (κ2) is 11.2. The van der Waals surface area contributed by atoms with Gasteiger partial charge in [0.25, 0.3) is 0 Å². The number of alkyl halides is 3. The number of carbonyl (C=O) groups excluding carboxylic acids is 1. The molecular formula is C23H22F3N5OS2. The first-order chi connectivity index (χ1) is 16.2. The second-order valence-electron chi connectivity index (χ2n) is 7.20. The van der Waals surface area contributed by atoms with Crippen molar-refractivity contribution in [3.05, 3.63) is 75.9 Å². The van der Waals surface area contributed by atoms with Crippen LogP contribution in [0.25, 0.3) is 10.6 Å². The highest BCUT2D eigenvalue weighted by Crippen LogP contribution is 2.33. The summed E-state index contributed by atoms with van der Waals surface area (Å²) in [5, 5.41) is 8.93. The largest absolute Gasteiger partial charge is 0.412 e. The smallest absolute Gasteiger partial charge is 0.343 e. The number of benzene rings is 1. The number of carbonyl (C=O) groups is 1. The zero-order valence-corrected chi connectivity index (χ0v) is 20.2. The molecule has 1 atom stereocenters. The van der Waals surface area contributed by atoms with Gasteiger partial charge < -0.3 is 10.6 Å². The molecule has 11 heteroatoms. The van der Waals surface area contributed by atoms with Crippen molar-refractivity contribution in [2.75, 3.05) is 5.32 Å². The van der Waals surface area contributed by atoms with Crippen LogP contribution >= 0.6 is 22.7 Å². The van der Waals surface area contributed by atoms with Crippen LogP contribution in [-0.2, 0) is 4.79 Å². The molecule has 0 aliphatic carbocycles. The second-order valence-corrected chi connectivity index (χ2v) is 9.26. The minimum Gasteiger partial charge on any atom is -0.343 e. The van der Waals surface area contributed by atoms with Gasteiger partial charge in [0.05, 0.1) is 21.3 Å². The number of nitrogens with zero attached hydrogens (tertiary/aromatic N) is 3. The Morgan fingerprint density at radius 3 is 2.32 bits per heavy atom. The zero-order chi connectivity index (χ0) is 24.7. The van der Waals surface area contributed by atoms with Crippen LogP contribution in [0.5, 0.6) is 0 Å². The number of aromatic nitrogens is 3. The highest BCUT2D eigenvalue weighted by Gasteiger charge is 2.40. The topological polar surface area (TPSA) is 79.8 Å². The first-order valence-corrected chi connectivity index (χ1v) is 11.8. The minimum absolute atomic E-state index is 0.0205. The molecule has 0 saturated carbocycles. The van der Waals surface area contributed by atoms with Crippen molar-refractivity contribution in [3.63, 3.8) is 0 Å². The predicted octanol–water partition coefficient (Wildman–Crippen LogP) is 6.37. The molecule has 0 unspecified atom stereocenters.